The number of amides is 2. The summed E-state index contributed by atoms with van der Waals surface area (Å²) < 4.78 is 0. The van der Waals surface area contributed by atoms with E-state index in [0.29, 0.717) is 17.9 Å². The molecule has 0 saturated carbocycles. The number of hydrogen-bond acceptors (Lipinski definition) is 3. The van der Waals surface area contributed by atoms with E-state index in [4.69, 9.17) is 0 Å². The van der Waals surface area contributed by atoms with E-state index in [2.05, 4.69) is 33.8 Å². The van der Waals surface area contributed by atoms with Gasteiger partial charge in [0, 0.05) is 24.7 Å². The zero-order valence-corrected chi connectivity index (χ0v) is 15.6. The Morgan fingerprint density at radius 2 is 1.85 bits per heavy atom. The molecule has 3 rings (SSSR count). The van der Waals surface area contributed by atoms with Gasteiger partial charge in [-0.3, -0.25) is 14.7 Å². The second-order valence-electron chi connectivity index (χ2n) is 6.53. The number of aromatic nitrogens is 2. The molecule has 27 heavy (non-hydrogen) atoms. The van der Waals surface area contributed by atoms with Crippen molar-refractivity contribution >= 4 is 17.5 Å². The molecule has 0 aliphatic heterocycles. The average Bonchev–Trinajstić information content (AvgIpc) is 3.12. The van der Waals surface area contributed by atoms with Crippen LogP contribution in [0.15, 0.2) is 48.5 Å². The number of aromatic amines is 1. The van der Waals surface area contributed by atoms with E-state index in [0.717, 1.165) is 16.8 Å². The molecule has 2 aromatic carbocycles. The molecule has 1 aromatic heterocycles. The third-order valence-electron chi connectivity index (χ3n) is 4.33. The van der Waals surface area contributed by atoms with Gasteiger partial charge in [0.25, 0.3) is 5.91 Å². The fourth-order valence-corrected chi connectivity index (χ4v) is 2.73. The second-order valence-corrected chi connectivity index (χ2v) is 6.53. The monoisotopic (exact) mass is 362 g/mol. The lowest BCUT2D eigenvalue weighted by molar-refractivity contribution is -0.114. The lowest BCUT2D eigenvalue weighted by atomic mass is 10.0. The summed E-state index contributed by atoms with van der Waals surface area (Å²) in [7, 11) is 0. The van der Waals surface area contributed by atoms with Gasteiger partial charge in [-0.1, -0.05) is 24.3 Å². The minimum absolute atomic E-state index is 0.132. The Balaban J connectivity index is 1.66. The van der Waals surface area contributed by atoms with Gasteiger partial charge in [-0.15, -0.1) is 0 Å². The van der Waals surface area contributed by atoms with Gasteiger partial charge in [0.2, 0.25) is 5.91 Å². The normalized spacial score (nSPS) is 10.5. The van der Waals surface area contributed by atoms with Crippen molar-refractivity contribution in [3.63, 3.8) is 0 Å². The molecule has 6 heteroatoms. The minimum Gasteiger partial charge on any atom is -0.347 e. The molecule has 1 heterocycles. The fourth-order valence-electron chi connectivity index (χ4n) is 2.73. The first-order valence-corrected chi connectivity index (χ1v) is 8.70. The summed E-state index contributed by atoms with van der Waals surface area (Å²) in [6.45, 7) is 5.92. The van der Waals surface area contributed by atoms with Crippen molar-refractivity contribution in [3.05, 3.63) is 70.9 Å². The number of nitrogens with zero attached hydrogens (tertiary/aromatic N) is 1. The van der Waals surface area contributed by atoms with Gasteiger partial charge in [0.1, 0.15) is 5.69 Å². The summed E-state index contributed by atoms with van der Waals surface area (Å²) in [6.07, 6.45) is 0. The van der Waals surface area contributed by atoms with Crippen molar-refractivity contribution in [1.29, 1.82) is 0 Å². The van der Waals surface area contributed by atoms with Crippen molar-refractivity contribution in [3.8, 4) is 11.3 Å². The van der Waals surface area contributed by atoms with Crippen molar-refractivity contribution in [1.82, 2.24) is 15.5 Å². The van der Waals surface area contributed by atoms with Crippen molar-refractivity contribution < 1.29 is 9.59 Å². The number of carbonyl (C=O) groups excluding carboxylic acids is 2. The van der Waals surface area contributed by atoms with E-state index < -0.39 is 0 Å². The molecule has 6 nitrogen and oxygen atoms in total. The maximum absolute atomic E-state index is 12.4. The number of aryl methyl sites for hydroxylation is 2. The van der Waals surface area contributed by atoms with Crippen LogP contribution >= 0.6 is 0 Å². The molecule has 3 N–H and O–H groups in total. The van der Waals surface area contributed by atoms with Crippen LogP contribution in [0.2, 0.25) is 0 Å². The van der Waals surface area contributed by atoms with Crippen molar-refractivity contribution in [2.75, 3.05) is 5.32 Å². The van der Waals surface area contributed by atoms with E-state index in [1.165, 1.54) is 18.1 Å². The standard InChI is InChI=1S/C21H22N4O2/c1-13-7-8-17(9-14(13)2)19-11-20(25-24-19)21(27)22-12-16-5-4-6-18(10-16)23-15(3)26/h4-11H,12H2,1-3H3,(H,22,27)(H,23,26)(H,24,25). The topological polar surface area (TPSA) is 86.9 Å². The molecule has 2 amide bonds. The van der Waals surface area contributed by atoms with Gasteiger partial charge in [-0.2, -0.15) is 5.10 Å². The number of carbonyl (C=O) groups is 2. The van der Waals surface area contributed by atoms with Crippen LogP contribution in [0, 0.1) is 13.8 Å². The molecule has 0 aliphatic carbocycles. The molecular weight excluding hydrogens is 340 g/mol. The van der Waals surface area contributed by atoms with Crippen LogP contribution in [0.3, 0.4) is 0 Å². The lowest BCUT2D eigenvalue weighted by Gasteiger charge is -2.07. The Bertz CT molecular complexity index is 991. The molecule has 0 fully saturated rings. The number of benzene rings is 2. The summed E-state index contributed by atoms with van der Waals surface area (Å²) in [5.74, 6) is -0.366. The van der Waals surface area contributed by atoms with Crippen LogP contribution in [-0.2, 0) is 11.3 Å². The Labute approximate surface area is 158 Å². The second kappa shape index (κ2) is 7.86. The molecule has 0 aliphatic rings. The Kier molecular flexibility index (Phi) is 5.35. The molecule has 0 atom stereocenters. The maximum atomic E-state index is 12.4. The van der Waals surface area contributed by atoms with E-state index in [9.17, 15) is 9.59 Å². The third kappa shape index (κ3) is 4.61. The first-order valence-electron chi connectivity index (χ1n) is 8.70. The van der Waals surface area contributed by atoms with E-state index in [1.807, 2.05) is 37.3 Å². The molecule has 138 valence electrons. The Morgan fingerprint density at radius 1 is 1.04 bits per heavy atom. The largest absolute Gasteiger partial charge is 0.347 e. The third-order valence-corrected chi connectivity index (χ3v) is 4.33. The summed E-state index contributed by atoms with van der Waals surface area (Å²) in [6, 6.07) is 15.2. The number of hydrogen-bond donors (Lipinski definition) is 3. The molecule has 0 saturated heterocycles. The van der Waals surface area contributed by atoms with Gasteiger partial charge in [0.05, 0.1) is 5.69 Å². The summed E-state index contributed by atoms with van der Waals surface area (Å²) >= 11 is 0. The van der Waals surface area contributed by atoms with Crippen LogP contribution in [0.25, 0.3) is 11.3 Å². The molecule has 0 spiro atoms. The van der Waals surface area contributed by atoms with Crippen LogP contribution in [0.1, 0.15) is 34.1 Å². The first-order chi connectivity index (χ1) is 12.9. The van der Waals surface area contributed by atoms with Crippen molar-refractivity contribution in [2.24, 2.45) is 0 Å². The highest BCUT2D eigenvalue weighted by Gasteiger charge is 2.11. The molecule has 0 bridgehead atoms. The fraction of sp³-hybridized carbons (Fsp3) is 0.190. The highest BCUT2D eigenvalue weighted by atomic mass is 16.2. The molecular formula is C21H22N4O2. The Morgan fingerprint density at radius 3 is 2.59 bits per heavy atom. The highest BCUT2D eigenvalue weighted by Crippen LogP contribution is 2.21. The average molecular weight is 362 g/mol. The quantitative estimate of drug-likeness (QED) is 0.648. The number of H-pyrrole nitrogens is 1. The van der Waals surface area contributed by atoms with E-state index >= 15 is 0 Å². The van der Waals surface area contributed by atoms with Gasteiger partial charge in [-0.25, -0.2) is 0 Å². The zero-order chi connectivity index (χ0) is 19.4. The van der Waals surface area contributed by atoms with Crippen LogP contribution in [-0.4, -0.2) is 22.0 Å². The van der Waals surface area contributed by atoms with E-state index in [-0.39, 0.29) is 11.8 Å². The van der Waals surface area contributed by atoms with Gasteiger partial charge < -0.3 is 10.6 Å². The maximum Gasteiger partial charge on any atom is 0.269 e. The zero-order valence-electron chi connectivity index (χ0n) is 15.6. The number of anilines is 1. The SMILES string of the molecule is CC(=O)Nc1cccc(CNC(=O)c2cc(-c3ccc(C)c(C)c3)n[nH]2)c1. The Hall–Kier alpha value is -3.41. The molecule has 3 aromatic rings. The summed E-state index contributed by atoms with van der Waals surface area (Å²) in [4.78, 5) is 23.5. The number of rotatable bonds is 5. The van der Waals surface area contributed by atoms with Gasteiger partial charge >= 0.3 is 0 Å². The smallest absolute Gasteiger partial charge is 0.269 e. The van der Waals surface area contributed by atoms with Crippen LogP contribution in [0.4, 0.5) is 5.69 Å². The van der Waals surface area contributed by atoms with E-state index in [1.54, 1.807) is 12.1 Å². The van der Waals surface area contributed by atoms with Crippen LogP contribution < -0.4 is 10.6 Å². The van der Waals surface area contributed by atoms with Crippen molar-refractivity contribution in [2.45, 2.75) is 27.3 Å². The number of nitrogens with one attached hydrogen (secondary N) is 3. The van der Waals surface area contributed by atoms with Crippen LogP contribution in [0.5, 0.6) is 0 Å². The minimum atomic E-state index is -0.234. The summed E-state index contributed by atoms with van der Waals surface area (Å²) in [5.41, 5.74) is 6.10. The molecule has 0 radical (unpaired) electrons. The van der Waals surface area contributed by atoms with Gasteiger partial charge in [-0.05, 0) is 54.8 Å². The summed E-state index contributed by atoms with van der Waals surface area (Å²) in [5, 5.41) is 12.6. The highest BCUT2D eigenvalue weighted by molar-refractivity contribution is 5.93. The predicted octanol–water partition coefficient (Wildman–Crippen LogP) is 3.58. The first kappa shape index (κ1) is 18.4. The van der Waals surface area contributed by atoms with Gasteiger partial charge in [0.15, 0.2) is 0 Å². The lowest BCUT2D eigenvalue weighted by Crippen LogP contribution is -2.23. The predicted molar refractivity (Wildman–Crippen MR) is 105 cm³/mol. The molecule has 0 unspecified atom stereocenters.